The number of carbonyl (C=O) groups excluding carboxylic acids is 1. The van der Waals surface area contributed by atoms with Gasteiger partial charge in [0.2, 0.25) is 17.6 Å². The van der Waals surface area contributed by atoms with Crippen LogP contribution in [0.2, 0.25) is 0 Å². The summed E-state index contributed by atoms with van der Waals surface area (Å²) in [5, 5.41) is 6.73. The average Bonchev–Trinajstić information content (AvgIpc) is 3.24. The lowest BCUT2D eigenvalue weighted by Gasteiger charge is -2.11. The largest absolute Gasteiger partial charge is 0.455 e. The van der Waals surface area contributed by atoms with Crippen LogP contribution in [0.4, 0.5) is 10.1 Å². The van der Waals surface area contributed by atoms with Crippen LogP contribution in [0.5, 0.6) is 11.5 Å². The van der Waals surface area contributed by atoms with E-state index in [9.17, 15) is 9.18 Å². The molecule has 0 radical (unpaired) electrons. The minimum atomic E-state index is -0.337. The van der Waals surface area contributed by atoms with Gasteiger partial charge in [-0.3, -0.25) is 4.79 Å². The van der Waals surface area contributed by atoms with E-state index < -0.39 is 0 Å². The van der Waals surface area contributed by atoms with Crippen LogP contribution in [0.1, 0.15) is 12.3 Å². The normalized spacial score (nSPS) is 10.6. The first-order chi connectivity index (χ1) is 14.7. The lowest BCUT2D eigenvalue weighted by atomic mass is 10.2. The van der Waals surface area contributed by atoms with Crippen molar-refractivity contribution in [1.29, 1.82) is 0 Å². The molecule has 4 aromatic rings. The third kappa shape index (κ3) is 4.88. The van der Waals surface area contributed by atoms with Crippen molar-refractivity contribution in [3.8, 4) is 22.9 Å². The Bertz CT molecular complexity index is 1130. The van der Waals surface area contributed by atoms with Crippen LogP contribution in [0.25, 0.3) is 11.4 Å². The van der Waals surface area contributed by atoms with Crippen molar-refractivity contribution in [3.63, 3.8) is 0 Å². The summed E-state index contributed by atoms with van der Waals surface area (Å²) in [4.78, 5) is 16.7. The summed E-state index contributed by atoms with van der Waals surface area (Å²) in [6.07, 6.45) is 0.437. The summed E-state index contributed by atoms with van der Waals surface area (Å²) in [7, 11) is 0. The molecule has 1 heterocycles. The van der Waals surface area contributed by atoms with Crippen molar-refractivity contribution in [2.75, 3.05) is 5.32 Å². The average molecular weight is 403 g/mol. The van der Waals surface area contributed by atoms with E-state index in [4.69, 9.17) is 9.26 Å². The van der Waals surface area contributed by atoms with Crippen LogP contribution >= 0.6 is 0 Å². The van der Waals surface area contributed by atoms with Crippen LogP contribution in [0.15, 0.2) is 83.4 Å². The first-order valence-corrected chi connectivity index (χ1v) is 9.38. The smallest absolute Gasteiger partial charge is 0.227 e. The first-order valence-electron chi connectivity index (χ1n) is 9.38. The Morgan fingerprint density at radius 1 is 0.967 bits per heavy atom. The molecule has 0 aliphatic carbocycles. The number of nitrogens with one attached hydrogen (secondary N) is 1. The highest BCUT2D eigenvalue weighted by atomic mass is 19.1. The van der Waals surface area contributed by atoms with Gasteiger partial charge in [0.1, 0.15) is 11.6 Å². The van der Waals surface area contributed by atoms with Gasteiger partial charge in [-0.1, -0.05) is 35.5 Å². The maximum Gasteiger partial charge on any atom is 0.227 e. The number of aromatic nitrogens is 2. The molecule has 1 N–H and O–H groups in total. The molecule has 6 nitrogen and oxygen atoms in total. The predicted molar refractivity (Wildman–Crippen MR) is 110 cm³/mol. The van der Waals surface area contributed by atoms with E-state index in [0.717, 1.165) is 0 Å². The summed E-state index contributed by atoms with van der Waals surface area (Å²) in [5.41, 5.74) is 1.21. The maximum absolute atomic E-state index is 13.0. The second kappa shape index (κ2) is 9.00. The van der Waals surface area contributed by atoms with Gasteiger partial charge in [0.15, 0.2) is 5.75 Å². The second-order valence-electron chi connectivity index (χ2n) is 6.48. The molecule has 1 amide bonds. The molecule has 0 unspecified atom stereocenters. The molecule has 1 aromatic heterocycles. The predicted octanol–water partition coefficient (Wildman–Crippen LogP) is 5.24. The molecule has 3 aromatic carbocycles. The molecule has 30 heavy (non-hydrogen) atoms. The van der Waals surface area contributed by atoms with Gasteiger partial charge in [0.25, 0.3) is 0 Å². The molecular formula is C23H18FN3O3. The molecule has 0 saturated heterocycles. The van der Waals surface area contributed by atoms with E-state index in [1.54, 1.807) is 24.3 Å². The highest BCUT2D eigenvalue weighted by Crippen LogP contribution is 2.29. The Kier molecular flexibility index (Phi) is 5.80. The van der Waals surface area contributed by atoms with Gasteiger partial charge in [-0.25, -0.2) is 4.39 Å². The molecule has 7 heteroatoms. The van der Waals surface area contributed by atoms with Gasteiger partial charge in [-0.05, 0) is 48.5 Å². The lowest BCUT2D eigenvalue weighted by Crippen LogP contribution is -2.13. The number of anilines is 1. The van der Waals surface area contributed by atoms with Crippen molar-refractivity contribution < 1.29 is 18.4 Å². The Hall–Kier alpha value is -4.00. The van der Waals surface area contributed by atoms with Crippen molar-refractivity contribution in [1.82, 2.24) is 10.1 Å². The number of rotatable bonds is 7. The number of hydrogen-bond donors (Lipinski definition) is 1. The minimum Gasteiger partial charge on any atom is -0.455 e. The Labute approximate surface area is 172 Å². The summed E-state index contributed by atoms with van der Waals surface area (Å²) >= 11 is 0. The monoisotopic (exact) mass is 403 g/mol. The van der Waals surface area contributed by atoms with Crippen LogP contribution < -0.4 is 10.1 Å². The lowest BCUT2D eigenvalue weighted by molar-refractivity contribution is -0.116. The fourth-order valence-electron chi connectivity index (χ4n) is 2.78. The number of benzene rings is 3. The van der Waals surface area contributed by atoms with E-state index >= 15 is 0 Å². The Balaban J connectivity index is 1.36. The molecule has 0 spiro atoms. The van der Waals surface area contributed by atoms with Crippen LogP contribution in [0, 0.1) is 5.82 Å². The fraction of sp³-hybridized carbons (Fsp3) is 0.0870. The zero-order valence-electron chi connectivity index (χ0n) is 15.9. The van der Waals surface area contributed by atoms with Crippen molar-refractivity contribution in [2.24, 2.45) is 0 Å². The molecule has 150 valence electrons. The standard InChI is InChI=1S/C23H18FN3O3/c24-17-12-10-16(11-13-17)23-26-22(30-27-23)15-14-21(28)25-19-8-4-5-9-20(19)29-18-6-2-1-3-7-18/h1-13H,14-15H2,(H,25,28). The quantitative estimate of drug-likeness (QED) is 0.457. The van der Waals surface area contributed by atoms with E-state index in [2.05, 4.69) is 15.5 Å². The Morgan fingerprint density at radius 2 is 1.70 bits per heavy atom. The van der Waals surface area contributed by atoms with Gasteiger partial charge in [-0.2, -0.15) is 4.98 Å². The third-order valence-corrected chi connectivity index (χ3v) is 4.27. The molecule has 0 bridgehead atoms. The number of hydrogen-bond acceptors (Lipinski definition) is 5. The van der Waals surface area contributed by atoms with Gasteiger partial charge < -0.3 is 14.6 Å². The zero-order chi connectivity index (χ0) is 20.8. The highest BCUT2D eigenvalue weighted by Gasteiger charge is 2.13. The number of aryl methyl sites for hydroxylation is 1. The Morgan fingerprint density at radius 3 is 2.50 bits per heavy atom. The van der Waals surface area contributed by atoms with Crippen LogP contribution in [0.3, 0.4) is 0 Å². The molecule has 0 aliphatic rings. The molecule has 0 aliphatic heterocycles. The van der Waals surface area contributed by atoms with Gasteiger partial charge >= 0.3 is 0 Å². The number of halogens is 1. The first kappa shape index (κ1) is 19.3. The molecular weight excluding hydrogens is 385 g/mol. The van der Waals surface area contributed by atoms with E-state index in [1.165, 1.54) is 12.1 Å². The minimum absolute atomic E-state index is 0.157. The van der Waals surface area contributed by atoms with E-state index in [0.29, 0.717) is 34.5 Å². The van der Waals surface area contributed by atoms with Gasteiger partial charge in [0, 0.05) is 18.4 Å². The number of carbonyl (C=O) groups is 1. The third-order valence-electron chi connectivity index (χ3n) is 4.27. The topological polar surface area (TPSA) is 77.2 Å². The van der Waals surface area contributed by atoms with E-state index in [-0.39, 0.29) is 24.6 Å². The van der Waals surface area contributed by atoms with Crippen molar-refractivity contribution in [3.05, 3.63) is 90.6 Å². The molecule has 0 saturated carbocycles. The second-order valence-corrected chi connectivity index (χ2v) is 6.48. The number of para-hydroxylation sites is 3. The van der Waals surface area contributed by atoms with Crippen LogP contribution in [-0.2, 0) is 11.2 Å². The van der Waals surface area contributed by atoms with Crippen molar-refractivity contribution >= 4 is 11.6 Å². The van der Waals surface area contributed by atoms with E-state index in [1.807, 2.05) is 42.5 Å². The number of ether oxygens (including phenoxy) is 1. The zero-order valence-corrected chi connectivity index (χ0v) is 15.9. The summed E-state index contributed by atoms with van der Waals surface area (Å²) in [6.45, 7) is 0. The van der Waals surface area contributed by atoms with Gasteiger partial charge in [0.05, 0.1) is 5.69 Å². The summed E-state index contributed by atoms with van der Waals surface area (Å²) < 4.78 is 24.1. The molecule has 0 atom stereocenters. The summed E-state index contributed by atoms with van der Waals surface area (Å²) in [5.74, 6) is 1.37. The highest BCUT2D eigenvalue weighted by molar-refractivity contribution is 5.92. The molecule has 4 rings (SSSR count). The van der Waals surface area contributed by atoms with Gasteiger partial charge in [-0.15, -0.1) is 0 Å². The fourth-order valence-corrected chi connectivity index (χ4v) is 2.78. The van der Waals surface area contributed by atoms with Crippen LogP contribution in [-0.4, -0.2) is 16.0 Å². The SMILES string of the molecule is O=C(CCc1nc(-c2ccc(F)cc2)no1)Nc1ccccc1Oc1ccccc1. The number of amides is 1. The summed E-state index contributed by atoms with van der Waals surface area (Å²) in [6, 6.07) is 22.3. The maximum atomic E-state index is 13.0. The van der Waals surface area contributed by atoms with Crippen molar-refractivity contribution in [2.45, 2.75) is 12.8 Å². The number of nitrogens with zero attached hydrogens (tertiary/aromatic N) is 2. The molecule has 0 fully saturated rings.